The number of phenolic OH excluding ortho intramolecular Hbond substituents is 2. The van der Waals surface area contributed by atoms with Crippen molar-refractivity contribution in [3.05, 3.63) is 215 Å². The maximum atomic E-state index is 12.6. The van der Waals surface area contributed by atoms with E-state index in [-0.39, 0.29) is 59.4 Å². The van der Waals surface area contributed by atoms with Crippen LogP contribution in [-0.4, -0.2) is 59.6 Å². The Balaban J connectivity index is 0.000000198. The van der Waals surface area contributed by atoms with Crippen molar-refractivity contribution in [3.63, 3.8) is 0 Å². The zero-order chi connectivity index (χ0) is 60.3. The monoisotopic (exact) mass is 1590 g/mol. The molecular weight excluding hydrogens is 1560 g/mol. The Morgan fingerprint density at radius 2 is 1.00 bits per heavy atom. The van der Waals surface area contributed by atoms with Crippen LogP contribution >= 0.6 is 172 Å². The van der Waals surface area contributed by atoms with Crippen LogP contribution in [-0.2, 0) is 15.8 Å². The molecule has 2 aliphatic carbocycles. The van der Waals surface area contributed by atoms with Crippen LogP contribution in [0.5, 0.6) is 11.5 Å². The molecule has 12 nitrogen and oxygen atoms in total. The van der Waals surface area contributed by atoms with E-state index >= 15 is 0 Å². The predicted octanol–water partition coefficient (Wildman–Crippen LogP) is 18.1. The highest BCUT2D eigenvalue weighted by Gasteiger charge is 2.44. The summed E-state index contributed by atoms with van der Waals surface area (Å²) in [5, 5.41) is 49.3. The number of halogens is 16. The predicted molar refractivity (Wildman–Crippen MR) is 333 cm³/mol. The lowest BCUT2D eigenvalue weighted by Crippen LogP contribution is -2.41. The van der Waals surface area contributed by atoms with Gasteiger partial charge >= 0.3 is 6.18 Å². The highest BCUT2D eigenvalue weighted by Crippen LogP contribution is 2.42. The highest BCUT2D eigenvalue weighted by molar-refractivity contribution is 9.11. The summed E-state index contributed by atoms with van der Waals surface area (Å²) in [5.74, 6) is -3.70. The molecule has 6 aromatic carbocycles. The number of rotatable bonds is 8. The van der Waals surface area contributed by atoms with Crippen molar-refractivity contribution in [2.24, 2.45) is 5.92 Å². The van der Waals surface area contributed by atoms with E-state index in [1.54, 1.807) is 72.8 Å². The van der Waals surface area contributed by atoms with Gasteiger partial charge in [-0.3, -0.25) is 19.2 Å². The molecule has 3 unspecified atom stereocenters. The fourth-order valence-electron chi connectivity index (χ4n) is 6.60. The number of hydrogen-bond acceptors (Lipinski definition) is 8. The number of aliphatic hydroxyl groups is 2. The Labute approximate surface area is 541 Å². The average Bonchev–Trinajstić information content (AvgIpc) is 3.48. The highest BCUT2D eigenvalue weighted by atomic mass is 79.9. The van der Waals surface area contributed by atoms with E-state index in [0.717, 1.165) is 16.6 Å². The molecule has 4 amide bonds. The van der Waals surface area contributed by atoms with Gasteiger partial charge in [0.05, 0.1) is 36.2 Å². The smallest absolute Gasteiger partial charge is 0.416 e. The molecule has 8 rings (SSSR count). The molecule has 0 fully saturated rings. The number of nitrogens with one attached hydrogen (secondary N) is 4. The number of hydrogen-bond donors (Lipinski definition) is 8. The number of carbonyl (C=O) groups is 4. The first kappa shape index (κ1) is 68.0. The van der Waals surface area contributed by atoms with Crippen LogP contribution in [0.3, 0.4) is 0 Å². The number of allylic oxidation sites excluding steroid dienone is 4. The Hall–Kier alpha value is -3.81. The van der Waals surface area contributed by atoms with Crippen LogP contribution in [0.1, 0.15) is 26.3 Å². The molecule has 81 heavy (non-hydrogen) atoms. The van der Waals surface area contributed by atoms with E-state index < -0.39 is 50.9 Å². The summed E-state index contributed by atoms with van der Waals surface area (Å²) >= 11 is 62.9. The van der Waals surface area contributed by atoms with E-state index in [4.69, 9.17) is 92.8 Å². The number of phenols is 2. The topological polar surface area (TPSA) is 197 Å². The van der Waals surface area contributed by atoms with E-state index in [0.29, 0.717) is 40.5 Å². The fraction of sp³-hybridized carbons (Fsp3) is 0.0943. The minimum absolute atomic E-state index is 0.0182. The molecule has 426 valence electrons. The van der Waals surface area contributed by atoms with Crippen molar-refractivity contribution in [3.8, 4) is 11.5 Å². The van der Waals surface area contributed by atoms with Gasteiger partial charge in [0.15, 0.2) is 9.39 Å². The van der Waals surface area contributed by atoms with E-state index in [1.165, 1.54) is 48.6 Å². The summed E-state index contributed by atoms with van der Waals surface area (Å²) in [7, 11) is 0. The second-order valence-electron chi connectivity index (χ2n) is 16.4. The molecule has 2 aliphatic rings. The molecule has 0 heterocycles. The summed E-state index contributed by atoms with van der Waals surface area (Å²) in [6.07, 6.45) is -0.679. The Bertz CT molecular complexity index is 3500. The van der Waals surface area contributed by atoms with Gasteiger partial charge in [-0.05, 0) is 159 Å². The van der Waals surface area contributed by atoms with Crippen molar-refractivity contribution < 1.29 is 52.8 Å². The van der Waals surface area contributed by atoms with E-state index in [1.807, 2.05) is 12.1 Å². The second kappa shape index (κ2) is 29.8. The summed E-state index contributed by atoms with van der Waals surface area (Å²) in [6, 6.07) is 30.7. The van der Waals surface area contributed by atoms with Crippen molar-refractivity contribution in [1.82, 2.24) is 0 Å². The summed E-state index contributed by atoms with van der Waals surface area (Å²) in [5.41, 5.74) is 0.829. The second-order valence-corrected chi connectivity index (χ2v) is 25.1. The molecule has 0 spiro atoms. The van der Waals surface area contributed by atoms with E-state index in [2.05, 4.69) is 101 Å². The maximum absolute atomic E-state index is 12.6. The molecule has 28 heteroatoms. The summed E-state index contributed by atoms with van der Waals surface area (Å²) < 4.78 is 39.2. The largest absolute Gasteiger partial charge is 0.506 e. The number of aliphatic hydroxyl groups excluding tert-OH is 1. The Morgan fingerprint density at radius 3 is 1.49 bits per heavy atom. The minimum Gasteiger partial charge on any atom is -0.506 e. The van der Waals surface area contributed by atoms with Gasteiger partial charge in [-0.2, -0.15) is 13.2 Å². The summed E-state index contributed by atoms with van der Waals surface area (Å²) in [4.78, 5) is 48.5. The van der Waals surface area contributed by atoms with Crippen LogP contribution in [0.25, 0.3) is 0 Å². The van der Waals surface area contributed by atoms with Crippen LogP contribution in [0, 0.1) is 5.92 Å². The first-order valence-electron chi connectivity index (χ1n) is 22.1. The maximum Gasteiger partial charge on any atom is 0.416 e. The molecule has 0 saturated heterocycles. The molecule has 0 saturated carbocycles. The van der Waals surface area contributed by atoms with E-state index in [9.17, 15) is 52.8 Å². The number of amides is 4. The molecule has 8 N–H and O–H groups in total. The number of carbonyl (C=O) groups excluding carboxylic acids is 4. The number of benzene rings is 6. The van der Waals surface area contributed by atoms with Gasteiger partial charge in [-0.25, -0.2) is 0 Å². The lowest BCUT2D eigenvalue weighted by molar-refractivity contribution is -0.137. The van der Waals surface area contributed by atoms with Crippen molar-refractivity contribution in [2.75, 3.05) is 21.3 Å². The number of anilines is 4. The third kappa shape index (κ3) is 19.9. The van der Waals surface area contributed by atoms with Crippen LogP contribution in [0.15, 0.2) is 189 Å². The third-order valence-corrected chi connectivity index (χ3v) is 15.6. The molecule has 0 aromatic heterocycles. The van der Waals surface area contributed by atoms with Crippen molar-refractivity contribution >= 4 is 219 Å². The summed E-state index contributed by atoms with van der Waals surface area (Å²) in [6.45, 7) is 0. The molecule has 0 bridgehead atoms. The van der Waals surface area contributed by atoms with Gasteiger partial charge in [0.2, 0.25) is 5.91 Å². The van der Waals surface area contributed by atoms with Crippen molar-refractivity contribution in [1.29, 1.82) is 0 Å². The van der Waals surface area contributed by atoms with Crippen LogP contribution in [0.4, 0.5) is 35.9 Å². The number of aromatic hydroxyl groups is 2. The minimum atomic E-state index is -4.50. The van der Waals surface area contributed by atoms with Gasteiger partial charge in [0.1, 0.15) is 23.5 Å². The van der Waals surface area contributed by atoms with Gasteiger partial charge < -0.3 is 41.7 Å². The first-order valence-corrected chi connectivity index (χ1v) is 29.1. The zero-order valence-corrected chi connectivity index (χ0v) is 54.0. The lowest BCUT2D eigenvalue weighted by atomic mass is 9.95. The fourth-order valence-corrected chi connectivity index (χ4v) is 11.3. The zero-order valence-electron chi connectivity index (χ0n) is 40.0. The molecule has 0 radical (unpaired) electrons. The molecule has 0 aliphatic heterocycles. The number of alkyl halides is 6. The van der Waals surface area contributed by atoms with Crippen molar-refractivity contribution in [2.45, 2.75) is 21.7 Å². The standard InChI is InChI=1S/C14H8Br2F3NO2.C13H8Br3NO2.2C13H9Cl4NO2/c15-8-5-10(12(21)11(16)6-8)13(22)20-9-3-1-2-7(4-9)14(17,18)19;14-7-1-3-9(4-2-7)17-13(19)10-5-8(15)6-11(16)12(10)18;14-7-2-1-3-9(4-7)18-12(20)10-5-8(15)6-13(16,17)11(10)19;14-7-2-1-3-9(4-7)18-12(19)10-5-8(15)6-11(16)13(10,17)20/h1-6,21H,(H,20,22);1-6,18H,(H,17,19);1-6,11,19H,(H,18,20);1-6,10,20H,(H,18,19). The lowest BCUT2D eigenvalue weighted by Gasteiger charge is -2.30. The Morgan fingerprint density at radius 1 is 0.543 bits per heavy atom. The Kier molecular flexibility index (Phi) is 25.0. The van der Waals surface area contributed by atoms with Gasteiger partial charge in [-0.1, -0.05) is 159 Å². The molecule has 6 aromatic rings. The molecule has 3 atom stereocenters. The average molecular weight is 1600 g/mol. The van der Waals surface area contributed by atoms with Gasteiger partial charge in [0.25, 0.3) is 17.7 Å². The van der Waals surface area contributed by atoms with Crippen LogP contribution < -0.4 is 21.3 Å². The van der Waals surface area contributed by atoms with Gasteiger partial charge in [-0.15, -0.1) is 0 Å². The van der Waals surface area contributed by atoms with Gasteiger partial charge in [0, 0.05) is 56.3 Å². The SMILES string of the molecule is O=C(Nc1ccc(Br)cc1)c1cc(Br)cc(Br)c1O.O=C(Nc1cccc(C(F)(F)F)c1)c1cc(Br)cc(Br)c1O.O=C(Nc1cccc(Cl)c1)C1=CC(Cl)=CC(Cl)(Cl)C1O.O=C(Nc1cccc(Cl)c1)C1C=C(Cl)C=C(Cl)C1(O)Cl. The molecular formula is C53H34Br5Cl8F3N4O8. The normalized spacial score (nSPS) is 17.0. The third-order valence-electron chi connectivity index (χ3n) is 10.4. The first-order chi connectivity index (χ1) is 37.7. The quantitative estimate of drug-likeness (QED) is 0.0689. The van der Waals surface area contributed by atoms with Crippen LogP contribution in [0.2, 0.25) is 10.0 Å².